The van der Waals surface area contributed by atoms with Gasteiger partial charge >= 0.3 is 0 Å². The molecule has 0 aliphatic rings. The van der Waals surface area contributed by atoms with E-state index >= 15 is 0 Å². The molecular formula is C16H22N2O3S. The van der Waals surface area contributed by atoms with E-state index in [1.54, 1.807) is 18.2 Å². The molecule has 2 aromatic rings. The minimum Gasteiger partial charge on any atom is -0.359 e. The van der Waals surface area contributed by atoms with Crippen LogP contribution in [0.5, 0.6) is 0 Å². The highest BCUT2D eigenvalue weighted by atomic mass is 32.2. The first kappa shape index (κ1) is 16.5. The number of rotatable bonds is 5. The fourth-order valence-corrected chi connectivity index (χ4v) is 2.98. The molecule has 5 nitrogen and oxygen atoms in total. The molecule has 0 saturated carbocycles. The molecule has 1 aromatic carbocycles. The van der Waals surface area contributed by atoms with E-state index in [9.17, 15) is 8.42 Å². The number of hydrogen-bond acceptors (Lipinski definition) is 4. The standard InChI is InChI=1S/C16H22N2O3S/c1-5-6-12-7-9-13(10-8-12)22(19,20)18-15-11-14(21-17-15)16(2,3)4/h7-11H,5-6H2,1-4H3,(H,17,18). The first-order chi connectivity index (χ1) is 10.2. The van der Waals surface area contributed by atoms with Crippen LogP contribution in [-0.2, 0) is 21.9 Å². The van der Waals surface area contributed by atoms with E-state index < -0.39 is 10.0 Å². The second kappa shape index (κ2) is 6.12. The average molecular weight is 322 g/mol. The zero-order chi connectivity index (χ0) is 16.4. The number of benzene rings is 1. The number of aromatic nitrogens is 1. The Hall–Kier alpha value is -1.82. The Morgan fingerprint density at radius 2 is 1.82 bits per heavy atom. The summed E-state index contributed by atoms with van der Waals surface area (Å²) in [6.45, 7) is 8.00. The molecule has 1 N–H and O–H groups in total. The van der Waals surface area contributed by atoms with Crippen molar-refractivity contribution in [3.8, 4) is 0 Å². The van der Waals surface area contributed by atoms with Crippen LogP contribution < -0.4 is 4.72 Å². The highest BCUT2D eigenvalue weighted by Gasteiger charge is 2.22. The van der Waals surface area contributed by atoms with E-state index in [0.717, 1.165) is 18.4 Å². The van der Waals surface area contributed by atoms with Crippen LogP contribution in [0, 0.1) is 0 Å². The molecule has 120 valence electrons. The molecule has 0 atom stereocenters. The zero-order valence-corrected chi connectivity index (χ0v) is 14.2. The smallest absolute Gasteiger partial charge is 0.263 e. The fraction of sp³-hybridized carbons (Fsp3) is 0.438. The molecule has 0 amide bonds. The van der Waals surface area contributed by atoms with Gasteiger partial charge in [-0.2, -0.15) is 0 Å². The molecular weight excluding hydrogens is 300 g/mol. The molecule has 0 unspecified atom stereocenters. The molecule has 0 fully saturated rings. The lowest BCUT2D eigenvalue weighted by molar-refractivity contribution is 0.331. The average Bonchev–Trinajstić information content (AvgIpc) is 2.87. The molecule has 0 bridgehead atoms. The Morgan fingerprint density at radius 1 is 1.18 bits per heavy atom. The van der Waals surface area contributed by atoms with Gasteiger partial charge < -0.3 is 4.52 Å². The van der Waals surface area contributed by atoms with Crippen molar-refractivity contribution in [3.05, 3.63) is 41.7 Å². The molecule has 0 aliphatic carbocycles. The third-order valence-corrected chi connectivity index (χ3v) is 4.63. The van der Waals surface area contributed by atoms with Crippen LogP contribution in [0.3, 0.4) is 0 Å². The van der Waals surface area contributed by atoms with E-state index in [1.165, 1.54) is 0 Å². The highest BCUT2D eigenvalue weighted by Crippen LogP contribution is 2.25. The predicted molar refractivity (Wildman–Crippen MR) is 86.4 cm³/mol. The Kier molecular flexibility index (Phi) is 4.60. The van der Waals surface area contributed by atoms with Gasteiger partial charge in [0.15, 0.2) is 5.82 Å². The lowest BCUT2D eigenvalue weighted by Crippen LogP contribution is -2.13. The lowest BCUT2D eigenvalue weighted by Gasteiger charge is -2.12. The van der Waals surface area contributed by atoms with Crippen LogP contribution >= 0.6 is 0 Å². The highest BCUT2D eigenvalue weighted by molar-refractivity contribution is 7.92. The fourth-order valence-electron chi connectivity index (χ4n) is 2.00. The van der Waals surface area contributed by atoms with Gasteiger partial charge in [-0.3, -0.25) is 4.72 Å². The van der Waals surface area contributed by atoms with Gasteiger partial charge in [0, 0.05) is 11.5 Å². The number of hydrogen-bond donors (Lipinski definition) is 1. The van der Waals surface area contributed by atoms with Crippen molar-refractivity contribution in [2.24, 2.45) is 0 Å². The minimum atomic E-state index is -3.65. The van der Waals surface area contributed by atoms with Crippen molar-refractivity contribution in [3.63, 3.8) is 0 Å². The molecule has 0 aliphatic heterocycles. The molecule has 1 heterocycles. The van der Waals surface area contributed by atoms with Gasteiger partial charge in [0.25, 0.3) is 10.0 Å². The first-order valence-electron chi connectivity index (χ1n) is 7.31. The van der Waals surface area contributed by atoms with Gasteiger partial charge in [-0.25, -0.2) is 8.42 Å². The van der Waals surface area contributed by atoms with Crippen LogP contribution in [0.25, 0.3) is 0 Å². The first-order valence-corrected chi connectivity index (χ1v) is 8.79. The van der Waals surface area contributed by atoms with Crippen LogP contribution in [0.4, 0.5) is 5.82 Å². The normalized spacial score (nSPS) is 12.4. The van der Waals surface area contributed by atoms with Gasteiger partial charge in [-0.15, -0.1) is 0 Å². The summed E-state index contributed by atoms with van der Waals surface area (Å²) in [5.74, 6) is 0.825. The summed E-state index contributed by atoms with van der Waals surface area (Å²) < 4.78 is 32.3. The van der Waals surface area contributed by atoms with Crippen LogP contribution in [0.15, 0.2) is 39.8 Å². The van der Waals surface area contributed by atoms with Crippen molar-refractivity contribution in [1.82, 2.24) is 5.16 Å². The number of aryl methyl sites for hydroxylation is 1. The third kappa shape index (κ3) is 3.88. The monoisotopic (exact) mass is 322 g/mol. The van der Waals surface area contributed by atoms with E-state index in [4.69, 9.17) is 4.52 Å². The summed E-state index contributed by atoms with van der Waals surface area (Å²) in [7, 11) is -3.65. The maximum atomic E-state index is 12.3. The van der Waals surface area contributed by atoms with Gasteiger partial charge in [0.1, 0.15) is 5.76 Å². The van der Waals surface area contributed by atoms with Crippen molar-refractivity contribution in [1.29, 1.82) is 0 Å². The number of anilines is 1. The quantitative estimate of drug-likeness (QED) is 0.910. The maximum absolute atomic E-state index is 12.3. The third-order valence-electron chi connectivity index (χ3n) is 3.26. The molecule has 0 radical (unpaired) electrons. The Bertz CT molecular complexity index is 725. The van der Waals surface area contributed by atoms with E-state index in [1.807, 2.05) is 32.9 Å². The lowest BCUT2D eigenvalue weighted by atomic mass is 9.93. The van der Waals surface area contributed by atoms with Crippen LogP contribution in [0.1, 0.15) is 45.4 Å². The summed E-state index contributed by atoms with van der Waals surface area (Å²) in [5.41, 5.74) is 0.899. The molecule has 1 aromatic heterocycles. The van der Waals surface area contributed by atoms with Gasteiger partial charge in [0.05, 0.1) is 4.90 Å². The molecule has 0 saturated heterocycles. The topological polar surface area (TPSA) is 72.2 Å². The van der Waals surface area contributed by atoms with E-state index in [-0.39, 0.29) is 16.1 Å². The van der Waals surface area contributed by atoms with Crippen molar-refractivity contribution < 1.29 is 12.9 Å². The zero-order valence-electron chi connectivity index (χ0n) is 13.4. The molecule has 0 spiro atoms. The van der Waals surface area contributed by atoms with Gasteiger partial charge in [-0.05, 0) is 24.1 Å². The predicted octanol–water partition coefficient (Wildman–Crippen LogP) is 3.73. The van der Waals surface area contributed by atoms with E-state index in [2.05, 4.69) is 16.8 Å². The van der Waals surface area contributed by atoms with Crippen molar-refractivity contribution in [2.75, 3.05) is 4.72 Å². The molecule has 2 rings (SSSR count). The number of nitrogens with one attached hydrogen (secondary N) is 1. The molecule has 22 heavy (non-hydrogen) atoms. The maximum Gasteiger partial charge on any atom is 0.263 e. The summed E-state index contributed by atoms with van der Waals surface area (Å²) in [5, 5.41) is 3.78. The Labute approximate surface area is 131 Å². The SMILES string of the molecule is CCCc1ccc(S(=O)(=O)Nc2cc(C(C)(C)C)on2)cc1. The van der Waals surface area contributed by atoms with Gasteiger partial charge in [-0.1, -0.05) is 51.4 Å². The largest absolute Gasteiger partial charge is 0.359 e. The van der Waals surface area contributed by atoms with Crippen molar-refractivity contribution in [2.45, 2.75) is 50.8 Å². The second-order valence-corrected chi connectivity index (χ2v) is 8.01. The summed E-state index contributed by atoms with van der Waals surface area (Å²) >= 11 is 0. The van der Waals surface area contributed by atoms with Crippen LogP contribution in [0.2, 0.25) is 0 Å². The Balaban J connectivity index is 2.18. The van der Waals surface area contributed by atoms with E-state index in [0.29, 0.717) is 5.76 Å². The number of nitrogens with zero attached hydrogens (tertiary/aromatic N) is 1. The summed E-state index contributed by atoms with van der Waals surface area (Å²) in [6.07, 6.45) is 1.96. The van der Waals surface area contributed by atoms with Crippen LogP contribution in [-0.4, -0.2) is 13.6 Å². The summed E-state index contributed by atoms with van der Waals surface area (Å²) in [6, 6.07) is 8.50. The second-order valence-electron chi connectivity index (χ2n) is 6.33. The molecule has 6 heteroatoms. The summed E-state index contributed by atoms with van der Waals surface area (Å²) in [4.78, 5) is 0.215. The number of sulfonamides is 1. The van der Waals surface area contributed by atoms with Gasteiger partial charge in [0.2, 0.25) is 0 Å². The minimum absolute atomic E-state index is 0.197. The van der Waals surface area contributed by atoms with Crippen molar-refractivity contribution >= 4 is 15.8 Å². The Morgan fingerprint density at radius 3 is 2.32 bits per heavy atom.